The summed E-state index contributed by atoms with van der Waals surface area (Å²) in [5, 5.41) is 2.25. The standard InChI is InChI=1S/C23H20ClF3N4O2S2.C5H4FN/c1-2-17(32)29-5-7-30(8-6-29)21-14-11-15(23(25,26)27)18(16-10-13(24)12-35-16)20-19(14)31(22(33)28-21)4-3-9-34-20;6-5-2-1-3-7-4-5/h2,10-12H,1,3-9H2;1-4H. The van der Waals surface area contributed by atoms with Crippen molar-refractivity contribution in [3.63, 3.8) is 0 Å². The number of carbonyl (C=O) groups excluding carboxylic acids is 1. The number of hydrogen-bond donors (Lipinski definition) is 0. The highest BCUT2D eigenvalue weighted by atomic mass is 35.5. The number of thiophene rings is 1. The first-order chi connectivity index (χ1) is 20.1. The molecule has 1 saturated heterocycles. The van der Waals surface area contributed by atoms with Crippen LogP contribution in [0.25, 0.3) is 21.3 Å². The van der Waals surface area contributed by atoms with Gasteiger partial charge < -0.3 is 9.80 Å². The van der Waals surface area contributed by atoms with Crippen molar-refractivity contribution in [3.8, 4) is 10.4 Å². The van der Waals surface area contributed by atoms with Crippen LogP contribution in [0.2, 0.25) is 5.02 Å². The van der Waals surface area contributed by atoms with E-state index in [1.807, 2.05) is 0 Å². The summed E-state index contributed by atoms with van der Waals surface area (Å²) in [5.74, 6) is 0.293. The third-order valence-electron chi connectivity index (χ3n) is 6.78. The SMILES string of the molecule is C=CC(=O)N1CCN(c2nc(=O)n3c4c(c(-c5cc(Cl)cs5)c(C(F)(F)F)cc24)SCCC3)CC1.Fc1cccnc1. The monoisotopic (exact) mass is 637 g/mol. The number of aryl methyl sites for hydroxylation is 1. The van der Waals surface area contributed by atoms with Crippen LogP contribution in [0.1, 0.15) is 12.0 Å². The number of nitrogens with zero attached hydrogens (tertiary/aromatic N) is 5. The number of thioether (sulfide) groups is 1. The number of alkyl halides is 3. The Morgan fingerprint density at radius 3 is 2.48 bits per heavy atom. The Kier molecular flexibility index (Phi) is 8.90. The predicted molar refractivity (Wildman–Crippen MR) is 158 cm³/mol. The molecule has 0 N–H and O–H groups in total. The van der Waals surface area contributed by atoms with Crippen molar-refractivity contribution in [2.24, 2.45) is 0 Å². The van der Waals surface area contributed by atoms with E-state index < -0.39 is 17.4 Å². The molecule has 0 unspecified atom stereocenters. The quantitative estimate of drug-likeness (QED) is 0.193. The molecular formula is C28H24ClF4N5O2S2. The summed E-state index contributed by atoms with van der Waals surface area (Å²) in [6.07, 6.45) is -0.0685. The summed E-state index contributed by atoms with van der Waals surface area (Å²) in [4.78, 5) is 37.1. The van der Waals surface area contributed by atoms with Gasteiger partial charge in [0.2, 0.25) is 5.91 Å². The lowest BCUT2D eigenvalue weighted by atomic mass is 10.0. The molecule has 0 aliphatic carbocycles. The second-order valence-electron chi connectivity index (χ2n) is 9.41. The minimum absolute atomic E-state index is 0.0560. The fraction of sp³-hybridized carbons (Fsp3) is 0.286. The molecule has 3 aromatic heterocycles. The van der Waals surface area contributed by atoms with E-state index in [-0.39, 0.29) is 28.5 Å². The van der Waals surface area contributed by atoms with Gasteiger partial charge in [-0.25, -0.2) is 9.18 Å². The normalized spacial score (nSPS) is 15.2. The van der Waals surface area contributed by atoms with E-state index in [2.05, 4.69) is 16.5 Å². The Morgan fingerprint density at radius 1 is 1.14 bits per heavy atom. The van der Waals surface area contributed by atoms with E-state index in [1.54, 1.807) is 21.2 Å². The molecule has 2 aliphatic rings. The van der Waals surface area contributed by atoms with Gasteiger partial charge in [0.1, 0.15) is 11.6 Å². The van der Waals surface area contributed by atoms with Crippen molar-refractivity contribution >= 4 is 57.3 Å². The first-order valence-corrected chi connectivity index (χ1v) is 15.1. The van der Waals surface area contributed by atoms with Gasteiger partial charge in [0.15, 0.2) is 0 Å². The van der Waals surface area contributed by atoms with Gasteiger partial charge in [0.05, 0.1) is 22.3 Å². The molecule has 0 bridgehead atoms. The number of hydrogen-bond acceptors (Lipinski definition) is 7. The number of piperazine rings is 1. The smallest absolute Gasteiger partial charge is 0.352 e. The molecule has 5 heterocycles. The van der Waals surface area contributed by atoms with E-state index in [4.69, 9.17) is 11.6 Å². The van der Waals surface area contributed by atoms with Crippen LogP contribution in [0.4, 0.5) is 23.4 Å². The summed E-state index contributed by atoms with van der Waals surface area (Å²) in [5.41, 5.74) is -0.738. The van der Waals surface area contributed by atoms with Crippen LogP contribution >= 0.6 is 34.7 Å². The van der Waals surface area contributed by atoms with Gasteiger partial charge in [0.25, 0.3) is 0 Å². The second kappa shape index (κ2) is 12.4. The van der Waals surface area contributed by atoms with Gasteiger partial charge in [-0.3, -0.25) is 14.3 Å². The largest absolute Gasteiger partial charge is 0.417 e. The van der Waals surface area contributed by atoms with Crippen molar-refractivity contribution in [1.29, 1.82) is 0 Å². The molecule has 0 saturated carbocycles. The van der Waals surface area contributed by atoms with Gasteiger partial charge in [-0.05, 0) is 42.5 Å². The molecule has 1 amide bonds. The number of benzene rings is 1. The minimum Gasteiger partial charge on any atom is -0.352 e. The summed E-state index contributed by atoms with van der Waals surface area (Å²) in [7, 11) is 0. The maximum absolute atomic E-state index is 14.4. The molecule has 4 aromatic rings. The topological polar surface area (TPSA) is 71.3 Å². The van der Waals surface area contributed by atoms with Gasteiger partial charge in [-0.2, -0.15) is 18.2 Å². The van der Waals surface area contributed by atoms with E-state index in [1.165, 1.54) is 46.9 Å². The zero-order valence-electron chi connectivity index (χ0n) is 22.0. The maximum atomic E-state index is 14.4. The van der Waals surface area contributed by atoms with E-state index in [0.717, 1.165) is 17.4 Å². The van der Waals surface area contributed by atoms with Crippen LogP contribution in [-0.4, -0.2) is 57.3 Å². The average molecular weight is 638 g/mol. The number of rotatable bonds is 3. The van der Waals surface area contributed by atoms with Crippen molar-refractivity contribution in [2.45, 2.75) is 24.0 Å². The first kappa shape index (κ1) is 30.1. The van der Waals surface area contributed by atoms with Crippen LogP contribution in [0.5, 0.6) is 0 Å². The third kappa shape index (κ3) is 6.18. The van der Waals surface area contributed by atoms with E-state index in [0.29, 0.717) is 65.2 Å². The lowest BCUT2D eigenvalue weighted by molar-refractivity contribution is -0.137. The summed E-state index contributed by atoms with van der Waals surface area (Å²) < 4.78 is 56.7. The molecule has 14 heteroatoms. The summed E-state index contributed by atoms with van der Waals surface area (Å²) in [6, 6.07) is 5.56. The fourth-order valence-electron chi connectivity index (χ4n) is 4.90. The van der Waals surface area contributed by atoms with E-state index >= 15 is 0 Å². The minimum atomic E-state index is -4.63. The third-order valence-corrected chi connectivity index (χ3v) is 9.26. The Hall–Kier alpha value is -3.42. The van der Waals surface area contributed by atoms with Gasteiger partial charge >= 0.3 is 11.9 Å². The molecule has 0 spiro atoms. The highest BCUT2D eigenvalue weighted by Crippen LogP contribution is 2.49. The number of amides is 1. The number of pyridine rings is 1. The molecule has 0 atom stereocenters. The molecule has 2 aliphatic heterocycles. The summed E-state index contributed by atoms with van der Waals surface area (Å²) >= 11 is 8.55. The van der Waals surface area contributed by atoms with Crippen molar-refractivity contribution in [2.75, 3.05) is 36.8 Å². The summed E-state index contributed by atoms with van der Waals surface area (Å²) in [6.45, 7) is 5.28. The molecule has 1 aromatic carbocycles. The molecule has 6 rings (SSSR count). The molecule has 1 fully saturated rings. The Morgan fingerprint density at radius 2 is 1.90 bits per heavy atom. The number of carbonyl (C=O) groups is 1. The molecule has 7 nitrogen and oxygen atoms in total. The Labute approximate surface area is 251 Å². The van der Waals surface area contributed by atoms with Crippen molar-refractivity contribution < 1.29 is 22.4 Å². The maximum Gasteiger partial charge on any atom is 0.417 e. The molecule has 42 heavy (non-hydrogen) atoms. The molecule has 0 radical (unpaired) electrons. The van der Waals surface area contributed by atoms with Gasteiger partial charge in [-0.15, -0.1) is 23.1 Å². The number of anilines is 1. The zero-order valence-corrected chi connectivity index (χ0v) is 24.4. The average Bonchev–Trinajstić information content (AvgIpc) is 3.27. The van der Waals surface area contributed by atoms with Crippen molar-refractivity contribution in [1.82, 2.24) is 19.4 Å². The van der Waals surface area contributed by atoms with Crippen LogP contribution in [0, 0.1) is 5.82 Å². The number of halogens is 5. The first-order valence-electron chi connectivity index (χ1n) is 12.9. The van der Waals surface area contributed by atoms with Crippen molar-refractivity contribution in [3.05, 3.63) is 81.6 Å². The van der Waals surface area contributed by atoms with Gasteiger partial charge in [0, 0.05) is 65.0 Å². The zero-order chi connectivity index (χ0) is 30.0. The van der Waals surface area contributed by atoms with Crippen LogP contribution in [-0.2, 0) is 17.5 Å². The highest BCUT2D eigenvalue weighted by molar-refractivity contribution is 7.99. The van der Waals surface area contributed by atoms with Crippen LogP contribution in [0.3, 0.4) is 0 Å². The highest BCUT2D eigenvalue weighted by Gasteiger charge is 2.38. The van der Waals surface area contributed by atoms with Crippen LogP contribution < -0.4 is 10.6 Å². The Bertz CT molecular complexity index is 1690. The second-order valence-corrected chi connectivity index (χ2v) is 11.9. The molecular weight excluding hydrogens is 614 g/mol. The fourth-order valence-corrected chi connectivity index (χ4v) is 7.30. The lowest BCUT2D eigenvalue weighted by Crippen LogP contribution is -2.49. The van der Waals surface area contributed by atoms with Gasteiger partial charge in [-0.1, -0.05) is 18.2 Å². The van der Waals surface area contributed by atoms with E-state index in [9.17, 15) is 27.2 Å². The Balaban J connectivity index is 0.000000442. The lowest BCUT2D eigenvalue weighted by Gasteiger charge is -2.35. The molecule has 220 valence electrons. The predicted octanol–water partition coefficient (Wildman–Crippen LogP) is 6.35. The number of aromatic nitrogens is 3. The van der Waals surface area contributed by atoms with Crippen LogP contribution in [0.15, 0.2) is 64.4 Å².